The fraction of sp³-hybridized carbons (Fsp3) is 0.964. The van der Waals surface area contributed by atoms with Gasteiger partial charge in [-0.1, -0.05) is 143 Å². The molecule has 2 unspecified atom stereocenters. The highest BCUT2D eigenvalue weighted by Gasteiger charge is 2.26. The van der Waals surface area contributed by atoms with Crippen molar-refractivity contribution in [2.75, 3.05) is 0 Å². The van der Waals surface area contributed by atoms with Crippen molar-refractivity contribution in [3.05, 3.63) is 0 Å². The lowest BCUT2D eigenvalue weighted by atomic mass is 9.80. The number of hydrogen-bond donors (Lipinski definition) is 1. The molecule has 1 N–H and O–H groups in total. The van der Waals surface area contributed by atoms with E-state index in [1.54, 1.807) is 0 Å². The summed E-state index contributed by atoms with van der Waals surface area (Å²) in [5.41, 5.74) is 0. The molecule has 0 aromatic heterocycles. The fourth-order valence-electron chi connectivity index (χ4n) is 4.80. The van der Waals surface area contributed by atoms with Crippen LogP contribution in [-0.2, 0) is 4.79 Å². The molecule has 0 aromatic carbocycles. The first-order valence-electron chi connectivity index (χ1n) is 13.9. The number of carbonyl (C=O) groups is 1. The third-order valence-corrected chi connectivity index (χ3v) is 6.86. The summed E-state index contributed by atoms with van der Waals surface area (Å²) < 4.78 is 0. The van der Waals surface area contributed by atoms with Crippen LogP contribution in [0.1, 0.15) is 162 Å². The van der Waals surface area contributed by atoms with Gasteiger partial charge in [-0.15, -0.1) is 0 Å². The van der Waals surface area contributed by atoms with Crippen molar-refractivity contribution in [1.82, 2.24) is 0 Å². The molecule has 0 aliphatic heterocycles. The zero-order valence-corrected chi connectivity index (χ0v) is 21.1. The lowest BCUT2D eigenvalue weighted by Crippen LogP contribution is -2.24. The quantitative estimate of drug-likeness (QED) is 0.156. The van der Waals surface area contributed by atoms with Gasteiger partial charge in [0.05, 0.1) is 5.92 Å². The minimum Gasteiger partial charge on any atom is -0.481 e. The predicted molar refractivity (Wildman–Crippen MR) is 133 cm³/mol. The van der Waals surface area contributed by atoms with E-state index in [1.807, 2.05) is 0 Å². The van der Waals surface area contributed by atoms with E-state index in [2.05, 4.69) is 20.8 Å². The van der Waals surface area contributed by atoms with E-state index >= 15 is 0 Å². The molecule has 2 heteroatoms. The van der Waals surface area contributed by atoms with E-state index in [0.717, 1.165) is 25.7 Å². The average Bonchev–Trinajstić information content (AvgIpc) is 2.73. The molecule has 0 aliphatic carbocycles. The van der Waals surface area contributed by atoms with Crippen molar-refractivity contribution in [1.29, 1.82) is 0 Å². The van der Waals surface area contributed by atoms with Gasteiger partial charge in [-0.3, -0.25) is 4.79 Å². The zero-order chi connectivity index (χ0) is 22.3. The molecule has 0 radical (unpaired) electrons. The van der Waals surface area contributed by atoms with E-state index in [0.29, 0.717) is 5.92 Å². The molecule has 0 rings (SSSR count). The van der Waals surface area contributed by atoms with Gasteiger partial charge in [0.1, 0.15) is 0 Å². The molecule has 2 atom stereocenters. The zero-order valence-electron chi connectivity index (χ0n) is 21.1. The maximum atomic E-state index is 12.0. The van der Waals surface area contributed by atoms with Crippen LogP contribution in [0, 0.1) is 11.8 Å². The number of unbranched alkanes of at least 4 members (excludes halogenated alkanes) is 16. The lowest BCUT2D eigenvalue weighted by Gasteiger charge is -2.24. The van der Waals surface area contributed by atoms with Gasteiger partial charge >= 0.3 is 5.97 Å². The van der Waals surface area contributed by atoms with Gasteiger partial charge in [0.2, 0.25) is 0 Å². The number of rotatable bonds is 24. The fourth-order valence-corrected chi connectivity index (χ4v) is 4.80. The molecule has 0 bridgehead atoms. The van der Waals surface area contributed by atoms with Crippen LogP contribution in [0.4, 0.5) is 0 Å². The number of carboxylic acids is 1. The van der Waals surface area contributed by atoms with Crippen molar-refractivity contribution >= 4 is 5.97 Å². The molecule has 30 heavy (non-hydrogen) atoms. The monoisotopic (exact) mass is 424 g/mol. The van der Waals surface area contributed by atoms with Crippen LogP contribution >= 0.6 is 0 Å². The van der Waals surface area contributed by atoms with Crippen LogP contribution in [0.2, 0.25) is 0 Å². The Hall–Kier alpha value is -0.530. The van der Waals surface area contributed by atoms with E-state index in [4.69, 9.17) is 0 Å². The van der Waals surface area contributed by atoms with Crippen molar-refractivity contribution in [2.45, 2.75) is 162 Å². The first-order valence-corrected chi connectivity index (χ1v) is 13.9. The topological polar surface area (TPSA) is 37.3 Å². The minimum absolute atomic E-state index is 0.105. The van der Waals surface area contributed by atoms with E-state index in [-0.39, 0.29) is 5.92 Å². The Kier molecular flexibility index (Phi) is 22.7. The Morgan fingerprint density at radius 1 is 0.500 bits per heavy atom. The van der Waals surface area contributed by atoms with E-state index < -0.39 is 5.97 Å². The maximum absolute atomic E-state index is 12.0. The summed E-state index contributed by atoms with van der Waals surface area (Å²) in [6.07, 6.45) is 27.9. The maximum Gasteiger partial charge on any atom is 0.306 e. The Bertz CT molecular complexity index is 353. The number of carboxylic acid groups (broad SMARTS) is 1. The number of hydrogen-bond acceptors (Lipinski definition) is 1. The van der Waals surface area contributed by atoms with Gasteiger partial charge < -0.3 is 5.11 Å². The molecule has 0 aliphatic rings. The second-order valence-corrected chi connectivity index (χ2v) is 9.73. The summed E-state index contributed by atoms with van der Waals surface area (Å²) in [5.74, 6) is -0.232. The SMILES string of the molecule is CCCCCCCCCCCC(CCCCCCCC)C(CCCCCC)C(=O)O. The molecule has 0 fully saturated rings. The molecule has 0 amide bonds. The van der Waals surface area contributed by atoms with Gasteiger partial charge in [-0.25, -0.2) is 0 Å². The van der Waals surface area contributed by atoms with Gasteiger partial charge in [0, 0.05) is 0 Å². The summed E-state index contributed by atoms with van der Waals surface area (Å²) in [4.78, 5) is 12.0. The molecular formula is C28H56O2. The molecule has 180 valence electrons. The highest BCUT2D eigenvalue weighted by molar-refractivity contribution is 5.70. The summed E-state index contributed by atoms with van der Waals surface area (Å²) in [5, 5.41) is 9.92. The van der Waals surface area contributed by atoms with Crippen LogP contribution in [0.3, 0.4) is 0 Å². The first-order chi connectivity index (χ1) is 14.7. The molecule has 2 nitrogen and oxygen atoms in total. The van der Waals surface area contributed by atoms with Crippen molar-refractivity contribution < 1.29 is 9.90 Å². The normalized spacial score (nSPS) is 13.4. The predicted octanol–water partition coefficient (Wildman–Crippen LogP) is 9.95. The van der Waals surface area contributed by atoms with E-state index in [9.17, 15) is 9.90 Å². The molecule has 0 spiro atoms. The highest BCUT2D eigenvalue weighted by Crippen LogP contribution is 2.30. The smallest absolute Gasteiger partial charge is 0.306 e. The van der Waals surface area contributed by atoms with Crippen LogP contribution in [0.15, 0.2) is 0 Å². The molecule has 0 aromatic rings. The van der Waals surface area contributed by atoms with Gasteiger partial charge in [0.15, 0.2) is 0 Å². The summed E-state index contributed by atoms with van der Waals surface area (Å²) >= 11 is 0. The Balaban J connectivity index is 4.30. The Labute approximate surface area is 190 Å². The lowest BCUT2D eigenvalue weighted by molar-refractivity contribution is -0.144. The second-order valence-electron chi connectivity index (χ2n) is 9.73. The summed E-state index contributed by atoms with van der Waals surface area (Å²) in [6, 6.07) is 0. The summed E-state index contributed by atoms with van der Waals surface area (Å²) in [6.45, 7) is 6.76. The third-order valence-electron chi connectivity index (χ3n) is 6.86. The summed E-state index contributed by atoms with van der Waals surface area (Å²) in [7, 11) is 0. The van der Waals surface area contributed by atoms with Crippen LogP contribution in [0.5, 0.6) is 0 Å². The highest BCUT2D eigenvalue weighted by atomic mass is 16.4. The minimum atomic E-state index is -0.529. The molecular weight excluding hydrogens is 368 g/mol. The molecule has 0 saturated carbocycles. The van der Waals surface area contributed by atoms with Crippen molar-refractivity contribution in [3.63, 3.8) is 0 Å². The van der Waals surface area contributed by atoms with Gasteiger partial charge in [-0.2, -0.15) is 0 Å². The largest absolute Gasteiger partial charge is 0.481 e. The third kappa shape index (κ3) is 18.3. The van der Waals surface area contributed by atoms with Gasteiger partial charge in [-0.05, 0) is 25.2 Å². The van der Waals surface area contributed by atoms with E-state index in [1.165, 1.54) is 116 Å². The molecule has 0 saturated heterocycles. The number of aliphatic carboxylic acids is 1. The van der Waals surface area contributed by atoms with Crippen molar-refractivity contribution in [2.24, 2.45) is 11.8 Å². The Morgan fingerprint density at radius 2 is 0.800 bits per heavy atom. The molecule has 0 heterocycles. The van der Waals surface area contributed by atoms with Gasteiger partial charge in [0.25, 0.3) is 0 Å². The van der Waals surface area contributed by atoms with Crippen LogP contribution < -0.4 is 0 Å². The van der Waals surface area contributed by atoms with Crippen LogP contribution in [-0.4, -0.2) is 11.1 Å². The van der Waals surface area contributed by atoms with Crippen LogP contribution in [0.25, 0.3) is 0 Å². The first kappa shape index (κ1) is 29.5. The standard InChI is InChI=1S/C28H56O2/c1-4-7-10-13-15-16-17-19-21-24-26(23-20-18-14-11-8-5-2)27(28(29)30)25-22-12-9-6-3/h26-27H,4-25H2,1-3H3,(H,29,30). The van der Waals surface area contributed by atoms with Crippen molar-refractivity contribution in [3.8, 4) is 0 Å². The second kappa shape index (κ2) is 23.1. The average molecular weight is 425 g/mol. The Morgan fingerprint density at radius 3 is 1.17 bits per heavy atom.